The number of carbonyl (C=O) groups is 2. The fourth-order valence-electron chi connectivity index (χ4n) is 1.27. The largest absolute Gasteiger partial charge is 0.477 e. The second kappa shape index (κ2) is 6.11. The van der Waals surface area contributed by atoms with Crippen molar-refractivity contribution >= 4 is 11.9 Å². The van der Waals surface area contributed by atoms with Crippen LogP contribution in [0.1, 0.15) is 29.9 Å². The van der Waals surface area contributed by atoms with Crippen molar-refractivity contribution in [1.29, 1.82) is 0 Å². The molecule has 0 aliphatic rings. The highest BCUT2D eigenvalue weighted by Crippen LogP contribution is 2.02. The summed E-state index contributed by atoms with van der Waals surface area (Å²) in [7, 11) is 0. The summed E-state index contributed by atoms with van der Waals surface area (Å²) in [6.45, 7) is 4.02. The van der Waals surface area contributed by atoms with Gasteiger partial charge in [0.05, 0.1) is 6.04 Å². The first-order valence-electron chi connectivity index (χ1n) is 5.63. The minimum absolute atomic E-state index is 0.0241. The fraction of sp³-hybridized carbons (Fsp3) is 0.417. The molecule has 98 valence electrons. The van der Waals surface area contributed by atoms with Crippen LogP contribution < -0.4 is 11.1 Å². The molecule has 1 atom stereocenters. The van der Waals surface area contributed by atoms with Gasteiger partial charge in [-0.1, -0.05) is 19.9 Å². The molecule has 0 unspecified atom stereocenters. The molecule has 6 nitrogen and oxygen atoms in total. The Hall–Kier alpha value is -1.95. The Morgan fingerprint density at radius 3 is 2.56 bits per heavy atom. The number of nitrogens with zero attached hydrogens (tertiary/aromatic N) is 1. The molecule has 4 N–H and O–H groups in total. The van der Waals surface area contributed by atoms with Crippen LogP contribution in [-0.4, -0.2) is 28.0 Å². The van der Waals surface area contributed by atoms with Gasteiger partial charge < -0.3 is 16.2 Å². The van der Waals surface area contributed by atoms with Crippen molar-refractivity contribution in [2.24, 2.45) is 11.7 Å². The normalized spacial score (nSPS) is 12.2. The Balaban J connectivity index is 2.54. The molecule has 1 amide bonds. The number of carbonyl (C=O) groups excluding carboxylic acids is 1. The number of aromatic nitrogens is 1. The summed E-state index contributed by atoms with van der Waals surface area (Å²) in [6.07, 6.45) is 1.42. The first-order valence-corrected chi connectivity index (χ1v) is 5.63. The lowest BCUT2D eigenvalue weighted by Crippen LogP contribution is -2.43. The lowest BCUT2D eigenvalue weighted by atomic mass is 10.1. The molecule has 1 aromatic heterocycles. The van der Waals surface area contributed by atoms with Crippen molar-refractivity contribution in [1.82, 2.24) is 10.3 Å². The Morgan fingerprint density at radius 1 is 1.44 bits per heavy atom. The number of carboxylic acid groups (broad SMARTS) is 1. The van der Waals surface area contributed by atoms with E-state index in [0.29, 0.717) is 0 Å². The predicted octanol–water partition coefficient (Wildman–Crippen LogP) is 0.379. The van der Waals surface area contributed by atoms with E-state index in [-0.39, 0.29) is 24.1 Å². The van der Waals surface area contributed by atoms with Crippen LogP contribution in [0.15, 0.2) is 18.3 Å². The summed E-state index contributed by atoms with van der Waals surface area (Å²) >= 11 is 0. The third-order valence-corrected chi connectivity index (χ3v) is 2.53. The smallest absolute Gasteiger partial charge is 0.354 e. The summed E-state index contributed by atoms with van der Waals surface area (Å²) in [5.74, 6) is -1.24. The van der Waals surface area contributed by atoms with Gasteiger partial charge in [0.15, 0.2) is 0 Å². The number of carboxylic acids is 1. The highest BCUT2D eigenvalue weighted by molar-refractivity contribution is 5.85. The molecule has 18 heavy (non-hydrogen) atoms. The number of aromatic carboxylic acids is 1. The number of nitrogens with two attached hydrogens (primary N) is 1. The molecular formula is C12H17N3O3. The first-order chi connectivity index (χ1) is 8.41. The third kappa shape index (κ3) is 3.81. The topological polar surface area (TPSA) is 105 Å². The average Bonchev–Trinajstić information content (AvgIpc) is 2.35. The lowest BCUT2D eigenvalue weighted by Gasteiger charge is -2.15. The summed E-state index contributed by atoms with van der Waals surface area (Å²) in [5.41, 5.74) is 6.38. The van der Waals surface area contributed by atoms with E-state index in [1.54, 1.807) is 6.07 Å². The van der Waals surface area contributed by atoms with E-state index >= 15 is 0 Å². The number of pyridine rings is 1. The Labute approximate surface area is 105 Å². The van der Waals surface area contributed by atoms with E-state index in [0.717, 1.165) is 5.56 Å². The molecule has 0 aromatic carbocycles. The lowest BCUT2D eigenvalue weighted by molar-refractivity contribution is -0.123. The number of hydrogen-bond donors (Lipinski definition) is 3. The molecule has 0 spiro atoms. The van der Waals surface area contributed by atoms with Crippen LogP contribution in [-0.2, 0) is 11.3 Å². The Morgan fingerprint density at radius 2 is 2.11 bits per heavy atom. The molecule has 0 aliphatic heterocycles. The number of rotatable bonds is 5. The van der Waals surface area contributed by atoms with E-state index in [1.807, 2.05) is 13.8 Å². The van der Waals surface area contributed by atoms with Crippen molar-refractivity contribution in [2.45, 2.75) is 26.4 Å². The van der Waals surface area contributed by atoms with Gasteiger partial charge in [-0.15, -0.1) is 0 Å². The highest BCUT2D eigenvalue weighted by Gasteiger charge is 2.16. The molecule has 1 aromatic rings. The van der Waals surface area contributed by atoms with Gasteiger partial charge in [-0.05, 0) is 17.5 Å². The van der Waals surface area contributed by atoms with Gasteiger partial charge in [0.2, 0.25) is 5.91 Å². The SMILES string of the molecule is CC(C)[C@H](N)C(=O)NCc1ccc(C(=O)O)nc1. The fourth-order valence-corrected chi connectivity index (χ4v) is 1.27. The molecule has 6 heteroatoms. The summed E-state index contributed by atoms with van der Waals surface area (Å²) < 4.78 is 0. The van der Waals surface area contributed by atoms with Gasteiger partial charge in [0, 0.05) is 12.7 Å². The quantitative estimate of drug-likeness (QED) is 0.701. The van der Waals surface area contributed by atoms with Crippen LogP contribution in [0, 0.1) is 5.92 Å². The van der Waals surface area contributed by atoms with Crippen LogP contribution in [0.2, 0.25) is 0 Å². The van der Waals surface area contributed by atoms with Gasteiger partial charge in [0.25, 0.3) is 0 Å². The summed E-state index contributed by atoms with van der Waals surface area (Å²) in [6, 6.07) is 2.46. The monoisotopic (exact) mass is 251 g/mol. The van der Waals surface area contributed by atoms with Crippen LogP contribution in [0.3, 0.4) is 0 Å². The van der Waals surface area contributed by atoms with Gasteiger partial charge in [-0.3, -0.25) is 4.79 Å². The minimum atomic E-state index is -1.08. The van der Waals surface area contributed by atoms with Gasteiger partial charge in [-0.2, -0.15) is 0 Å². The average molecular weight is 251 g/mol. The molecule has 0 radical (unpaired) electrons. The Bertz CT molecular complexity index is 429. The Kier molecular flexibility index (Phi) is 4.79. The van der Waals surface area contributed by atoms with Crippen LogP contribution in [0.25, 0.3) is 0 Å². The van der Waals surface area contributed by atoms with Gasteiger partial charge >= 0.3 is 5.97 Å². The third-order valence-electron chi connectivity index (χ3n) is 2.53. The number of nitrogens with one attached hydrogen (secondary N) is 1. The molecule has 0 fully saturated rings. The molecule has 1 heterocycles. The zero-order valence-corrected chi connectivity index (χ0v) is 10.4. The van der Waals surface area contributed by atoms with Gasteiger partial charge in [0.1, 0.15) is 5.69 Å². The first kappa shape index (κ1) is 14.1. The maximum atomic E-state index is 11.6. The molecule has 0 saturated heterocycles. The molecule has 0 saturated carbocycles. The molecular weight excluding hydrogens is 234 g/mol. The van der Waals surface area contributed by atoms with E-state index in [2.05, 4.69) is 10.3 Å². The predicted molar refractivity (Wildman–Crippen MR) is 65.9 cm³/mol. The van der Waals surface area contributed by atoms with Crippen LogP contribution in [0.5, 0.6) is 0 Å². The van der Waals surface area contributed by atoms with Crippen LogP contribution in [0.4, 0.5) is 0 Å². The number of hydrogen-bond acceptors (Lipinski definition) is 4. The van der Waals surface area contributed by atoms with E-state index in [1.165, 1.54) is 12.3 Å². The molecule has 0 aliphatic carbocycles. The number of amides is 1. The van der Waals surface area contributed by atoms with Crippen molar-refractivity contribution < 1.29 is 14.7 Å². The van der Waals surface area contributed by atoms with E-state index in [9.17, 15) is 9.59 Å². The molecule has 1 rings (SSSR count). The van der Waals surface area contributed by atoms with Crippen molar-refractivity contribution in [2.75, 3.05) is 0 Å². The maximum absolute atomic E-state index is 11.6. The second-order valence-corrected chi connectivity index (χ2v) is 4.34. The zero-order valence-electron chi connectivity index (χ0n) is 10.4. The highest BCUT2D eigenvalue weighted by atomic mass is 16.4. The maximum Gasteiger partial charge on any atom is 0.354 e. The van der Waals surface area contributed by atoms with Crippen molar-refractivity contribution in [3.8, 4) is 0 Å². The van der Waals surface area contributed by atoms with Crippen LogP contribution >= 0.6 is 0 Å². The van der Waals surface area contributed by atoms with Crippen molar-refractivity contribution in [3.63, 3.8) is 0 Å². The summed E-state index contributed by atoms with van der Waals surface area (Å²) in [4.78, 5) is 25.9. The zero-order chi connectivity index (χ0) is 13.7. The standard InChI is InChI=1S/C12H17N3O3/c1-7(2)10(13)11(16)15-6-8-3-4-9(12(17)18)14-5-8/h3-5,7,10H,6,13H2,1-2H3,(H,15,16)(H,17,18)/t10-/m0/s1. The van der Waals surface area contributed by atoms with Crippen molar-refractivity contribution in [3.05, 3.63) is 29.6 Å². The molecule has 0 bridgehead atoms. The van der Waals surface area contributed by atoms with E-state index < -0.39 is 12.0 Å². The van der Waals surface area contributed by atoms with Gasteiger partial charge in [-0.25, -0.2) is 9.78 Å². The minimum Gasteiger partial charge on any atom is -0.477 e. The summed E-state index contributed by atoms with van der Waals surface area (Å²) in [5, 5.41) is 11.4. The van der Waals surface area contributed by atoms with E-state index in [4.69, 9.17) is 10.8 Å². The second-order valence-electron chi connectivity index (χ2n) is 4.34.